The molecule has 0 aromatic carbocycles. The molecule has 0 radical (unpaired) electrons. The van der Waals surface area contributed by atoms with Crippen molar-refractivity contribution >= 4 is 0 Å². The van der Waals surface area contributed by atoms with Crippen molar-refractivity contribution in [3.05, 3.63) is 24.8 Å². The highest BCUT2D eigenvalue weighted by Crippen LogP contribution is 2.12. The molecule has 0 saturated heterocycles. The summed E-state index contributed by atoms with van der Waals surface area (Å²) in [6, 6.07) is 0.557. The van der Waals surface area contributed by atoms with E-state index in [9.17, 15) is 0 Å². The Morgan fingerprint density at radius 2 is 1.17 bits per heavy atom. The van der Waals surface area contributed by atoms with Crippen LogP contribution in [0.15, 0.2) is 24.8 Å². The monoisotopic (exact) mass is 335 g/mol. The van der Waals surface area contributed by atoms with E-state index >= 15 is 0 Å². The maximum Gasteiger partial charge on any atom is 0.0269 e. The van der Waals surface area contributed by atoms with Crippen LogP contribution < -0.4 is 0 Å². The van der Waals surface area contributed by atoms with Gasteiger partial charge in [-0.15, -0.1) is 6.58 Å². The van der Waals surface area contributed by atoms with E-state index in [0.717, 1.165) is 0 Å². The molecule has 1 heteroatoms. The lowest BCUT2D eigenvalue weighted by Crippen LogP contribution is -2.25. The van der Waals surface area contributed by atoms with E-state index in [-0.39, 0.29) is 0 Å². The van der Waals surface area contributed by atoms with Crippen molar-refractivity contribution in [3.63, 3.8) is 0 Å². The van der Waals surface area contributed by atoms with Crippen molar-refractivity contribution in [3.8, 4) is 0 Å². The first kappa shape index (κ1) is 23.4. The molecule has 0 aromatic heterocycles. The molecule has 0 aliphatic rings. The van der Waals surface area contributed by atoms with Gasteiger partial charge in [0.2, 0.25) is 0 Å². The Hall–Kier alpha value is -0.560. The summed E-state index contributed by atoms with van der Waals surface area (Å²) in [4.78, 5) is 2.27. The zero-order valence-corrected chi connectivity index (χ0v) is 17.1. The number of hydrogen-bond donors (Lipinski definition) is 0. The third kappa shape index (κ3) is 16.3. The van der Waals surface area contributed by atoms with E-state index in [0.29, 0.717) is 6.04 Å². The molecule has 1 unspecified atom stereocenters. The molecule has 0 amide bonds. The lowest BCUT2D eigenvalue weighted by atomic mass is 10.0. The van der Waals surface area contributed by atoms with Crippen LogP contribution in [0.1, 0.15) is 103 Å². The predicted molar refractivity (Wildman–Crippen MR) is 112 cm³/mol. The van der Waals surface area contributed by atoms with Crippen molar-refractivity contribution in [2.45, 2.75) is 109 Å². The van der Waals surface area contributed by atoms with Gasteiger partial charge in [-0.1, -0.05) is 89.4 Å². The van der Waals surface area contributed by atoms with Gasteiger partial charge in [0.15, 0.2) is 0 Å². The molecule has 0 saturated carbocycles. The molecule has 24 heavy (non-hydrogen) atoms. The van der Waals surface area contributed by atoms with E-state index in [1.165, 1.54) is 96.3 Å². The minimum Gasteiger partial charge on any atom is -0.303 e. The summed E-state index contributed by atoms with van der Waals surface area (Å²) >= 11 is 0. The third-order valence-electron chi connectivity index (χ3n) is 4.95. The van der Waals surface area contributed by atoms with Crippen molar-refractivity contribution in [1.29, 1.82) is 0 Å². The van der Waals surface area contributed by atoms with E-state index in [2.05, 4.69) is 50.7 Å². The summed E-state index contributed by atoms with van der Waals surface area (Å²) in [5.41, 5.74) is 0. The SMILES string of the molecule is C=CC(CCCCCCCC/C=C\CCCCCCCC)N(C)C. The molecule has 0 aromatic rings. The van der Waals surface area contributed by atoms with Crippen molar-refractivity contribution in [2.75, 3.05) is 14.1 Å². The Labute approximate surface area is 153 Å². The topological polar surface area (TPSA) is 3.24 Å². The van der Waals surface area contributed by atoms with Gasteiger partial charge in [0, 0.05) is 6.04 Å². The zero-order valence-electron chi connectivity index (χ0n) is 17.1. The summed E-state index contributed by atoms with van der Waals surface area (Å²) in [5.74, 6) is 0. The lowest BCUT2D eigenvalue weighted by molar-refractivity contribution is 0.320. The van der Waals surface area contributed by atoms with Gasteiger partial charge in [-0.25, -0.2) is 0 Å². The van der Waals surface area contributed by atoms with Gasteiger partial charge in [0.25, 0.3) is 0 Å². The fourth-order valence-corrected chi connectivity index (χ4v) is 3.19. The highest BCUT2D eigenvalue weighted by Gasteiger charge is 2.05. The molecule has 0 N–H and O–H groups in total. The Kier molecular flexibility index (Phi) is 18.3. The van der Waals surface area contributed by atoms with Crippen LogP contribution in [0.25, 0.3) is 0 Å². The lowest BCUT2D eigenvalue weighted by Gasteiger charge is -2.20. The Morgan fingerprint density at radius 1 is 0.708 bits per heavy atom. The Bertz CT molecular complexity index is 280. The largest absolute Gasteiger partial charge is 0.303 e. The molecular formula is C23H45N. The number of likely N-dealkylation sites (N-methyl/N-ethyl adjacent to an activating group) is 1. The minimum atomic E-state index is 0.557. The van der Waals surface area contributed by atoms with Crippen LogP contribution in [0.4, 0.5) is 0 Å². The Morgan fingerprint density at radius 3 is 1.62 bits per heavy atom. The third-order valence-corrected chi connectivity index (χ3v) is 4.95. The molecule has 0 spiro atoms. The van der Waals surface area contributed by atoms with Crippen molar-refractivity contribution in [1.82, 2.24) is 4.90 Å². The predicted octanol–water partition coefficient (Wildman–Crippen LogP) is 7.53. The van der Waals surface area contributed by atoms with Crippen LogP contribution in [0.5, 0.6) is 0 Å². The van der Waals surface area contributed by atoms with Crippen LogP contribution >= 0.6 is 0 Å². The second-order valence-electron chi connectivity index (χ2n) is 7.49. The van der Waals surface area contributed by atoms with E-state index in [4.69, 9.17) is 0 Å². The van der Waals surface area contributed by atoms with E-state index in [1.807, 2.05) is 0 Å². The van der Waals surface area contributed by atoms with E-state index < -0.39 is 0 Å². The number of hydrogen-bond acceptors (Lipinski definition) is 1. The van der Waals surface area contributed by atoms with E-state index in [1.54, 1.807) is 0 Å². The molecule has 1 nitrogen and oxygen atoms in total. The van der Waals surface area contributed by atoms with Crippen LogP contribution in [0.2, 0.25) is 0 Å². The minimum absolute atomic E-state index is 0.557. The normalized spacial score (nSPS) is 13.0. The van der Waals surface area contributed by atoms with Crippen LogP contribution in [-0.2, 0) is 0 Å². The maximum absolute atomic E-state index is 3.93. The zero-order chi connectivity index (χ0) is 17.9. The van der Waals surface area contributed by atoms with Crippen molar-refractivity contribution in [2.24, 2.45) is 0 Å². The summed E-state index contributed by atoms with van der Waals surface area (Å²) in [6.07, 6.45) is 27.5. The summed E-state index contributed by atoms with van der Waals surface area (Å²) in [7, 11) is 4.29. The van der Waals surface area contributed by atoms with Crippen LogP contribution in [0, 0.1) is 0 Å². The molecular weight excluding hydrogens is 290 g/mol. The second kappa shape index (κ2) is 18.8. The average molecular weight is 336 g/mol. The summed E-state index contributed by atoms with van der Waals surface area (Å²) in [5, 5.41) is 0. The molecule has 0 rings (SSSR count). The quantitative estimate of drug-likeness (QED) is 0.185. The maximum atomic E-state index is 3.93. The van der Waals surface area contributed by atoms with Gasteiger partial charge in [-0.05, 0) is 46.2 Å². The number of unbranched alkanes of at least 4 members (excludes halogenated alkanes) is 12. The van der Waals surface area contributed by atoms with Gasteiger partial charge in [-0.2, -0.15) is 0 Å². The highest BCUT2D eigenvalue weighted by atomic mass is 15.1. The van der Waals surface area contributed by atoms with Gasteiger partial charge in [0.05, 0.1) is 0 Å². The summed E-state index contributed by atoms with van der Waals surface area (Å²) < 4.78 is 0. The number of nitrogens with zero attached hydrogens (tertiary/aromatic N) is 1. The van der Waals surface area contributed by atoms with Crippen molar-refractivity contribution < 1.29 is 0 Å². The molecule has 0 aliphatic carbocycles. The van der Waals surface area contributed by atoms with Gasteiger partial charge in [0.1, 0.15) is 0 Å². The summed E-state index contributed by atoms with van der Waals surface area (Å²) in [6.45, 7) is 6.21. The highest BCUT2D eigenvalue weighted by molar-refractivity contribution is 4.85. The smallest absolute Gasteiger partial charge is 0.0269 e. The standard InChI is InChI=1S/C23H45N/c1-5-7-8-9-10-11-12-13-14-15-16-17-18-19-20-21-22-23(6-2)24(3)4/h6,13-14,23H,2,5,7-12,15-22H2,1,3-4H3/b14-13-. The Balaban J connectivity index is 3.22. The van der Waals surface area contributed by atoms with Gasteiger partial charge in [-0.3, -0.25) is 0 Å². The molecule has 0 bridgehead atoms. The van der Waals surface area contributed by atoms with Gasteiger partial charge >= 0.3 is 0 Å². The first-order valence-electron chi connectivity index (χ1n) is 10.7. The fourth-order valence-electron chi connectivity index (χ4n) is 3.19. The van der Waals surface area contributed by atoms with Gasteiger partial charge < -0.3 is 4.90 Å². The molecule has 142 valence electrons. The number of rotatable bonds is 18. The average Bonchev–Trinajstić information content (AvgIpc) is 2.57. The first-order valence-corrected chi connectivity index (χ1v) is 10.7. The fraction of sp³-hybridized carbons (Fsp3) is 0.826. The molecule has 0 aliphatic heterocycles. The number of allylic oxidation sites excluding steroid dienone is 2. The molecule has 0 fully saturated rings. The molecule has 1 atom stereocenters. The first-order chi connectivity index (χ1) is 11.7. The van der Waals surface area contributed by atoms with Crippen LogP contribution in [0.3, 0.4) is 0 Å². The van der Waals surface area contributed by atoms with Crippen LogP contribution in [-0.4, -0.2) is 25.0 Å². The molecule has 0 heterocycles. The second-order valence-corrected chi connectivity index (χ2v) is 7.49.